The van der Waals surface area contributed by atoms with E-state index in [1.54, 1.807) is 18.2 Å². The molecule has 3 aromatic rings. The zero-order chi connectivity index (χ0) is 19.2. The van der Waals surface area contributed by atoms with Gasteiger partial charge in [-0.05, 0) is 31.8 Å². The standard InChI is InChI=1S/C16H14ClF3N4O2/c1-23(2)6-8-3-4-10-9(5-8)11-12(24(10)7-16(18,19)20)13(17)22-14(21-11)15(25)26/h3-5H,6-7H2,1-2H3,(H,25,26). The first kappa shape index (κ1) is 18.4. The first-order valence-corrected chi connectivity index (χ1v) is 7.88. The lowest BCUT2D eigenvalue weighted by atomic mass is 10.1. The van der Waals surface area contributed by atoms with Crippen molar-refractivity contribution in [3.63, 3.8) is 0 Å². The van der Waals surface area contributed by atoms with Crippen molar-refractivity contribution in [1.82, 2.24) is 19.4 Å². The van der Waals surface area contributed by atoms with Gasteiger partial charge in [-0.15, -0.1) is 0 Å². The molecule has 0 amide bonds. The van der Waals surface area contributed by atoms with Crippen LogP contribution in [0.15, 0.2) is 18.2 Å². The number of halogens is 4. The fourth-order valence-corrected chi connectivity index (χ4v) is 3.16. The van der Waals surface area contributed by atoms with E-state index in [4.69, 9.17) is 16.7 Å². The third-order valence-electron chi connectivity index (χ3n) is 3.75. The topological polar surface area (TPSA) is 71.2 Å². The van der Waals surface area contributed by atoms with Gasteiger partial charge in [0, 0.05) is 11.9 Å². The Morgan fingerprint density at radius 3 is 2.58 bits per heavy atom. The molecule has 1 N–H and O–H groups in total. The molecule has 0 spiro atoms. The summed E-state index contributed by atoms with van der Waals surface area (Å²) in [6.45, 7) is -0.720. The van der Waals surface area contributed by atoms with Gasteiger partial charge in [0.05, 0.1) is 5.52 Å². The van der Waals surface area contributed by atoms with E-state index >= 15 is 0 Å². The first-order valence-electron chi connectivity index (χ1n) is 7.50. The van der Waals surface area contributed by atoms with Crippen molar-refractivity contribution in [1.29, 1.82) is 0 Å². The molecular formula is C16H14ClF3N4O2. The summed E-state index contributed by atoms with van der Waals surface area (Å²) in [6.07, 6.45) is -4.49. The summed E-state index contributed by atoms with van der Waals surface area (Å²) in [7, 11) is 3.72. The predicted octanol–water partition coefficient (Wildman–Crippen LogP) is 3.56. The minimum absolute atomic E-state index is 0.0361. The predicted molar refractivity (Wildman–Crippen MR) is 90.4 cm³/mol. The average Bonchev–Trinajstić information content (AvgIpc) is 2.79. The van der Waals surface area contributed by atoms with Crippen molar-refractivity contribution < 1.29 is 23.1 Å². The summed E-state index contributed by atoms with van der Waals surface area (Å²) < 4.78 is 40.1. The van der Waals surface area contributed by atoms with Gasteiger partial charge in [0.2, 0.25) is 5.82 Å². The molecular weight excluding hydrogens is 373 g/mol. The van der Waals surface area contributed by atoms with Crippen LogP contribution < -0.4 is 0 Å². The Hall–Kier alpha value is -2.39. The van der Waals surface area contributed by atoms with E-state index in [0.29, 0.717) is 11.9 Å². The van der Waals surface area contributed by atoms with Crippen molar-refractivity contribution in [3.8, 4) is 0 Å². The van der Waals surface area contributed by atoms with Crippen LogP contribution in [0.1, 0.15) is 16.2 Å². The Morgan fingerprint density at radius 2 is 2.00 bits per heavy atom. The third kappa shape index (κ3) is 3.45. The number of fused-ring (bicyclic) bond motifs is 3. The molecule has 0 radical (unpaired) electrons. The zero-order valence-electron chi connectivity index (χ0n) is 13.8. The number of benzene rings is 1. The monoisotopic (exact) mass is 386 g/mol. The molecule has 10 heteroatoms. The lowest BCUT2D eigenvalue weighted by Crippen LogP contribution is -2.18. The van der Waals surface area contributed by atoms with Crippen molar-refractivity contribution in [2.75, 3.05) is 14.1 Å². The molecule has 0 saturated heterocycles. The van der Waals surface area contributed by atoms with Crippen LogP contribution in [0, 0.1) is 0 Å². The minimum atomic E-state index is -4.49. The maximum absolute atomic E-state index is 13.1. The number of carbonyl (C=O) groups is 1. The van der Waals surface area contributed by atoms with Crippen LogP contribution >= 0.6 is 11.6 Å². The largest absolute Gasteiger partial charge is 0.475 e. The SMILES string of the molecule is CN(C)Cc1ccc2c(c1)c1nc(C(=O)O)nc(Cl)c1n2CC(F)(F)F. The summed E-state index contributed by atoms with van der Waals surface area (Å²) in [5, 5.41) is 9.20. The summed E-state index contributed by atoms with van der Waals surface area (Å²) in [6, 6.07) is 4.96. The molecule has 0 unspecified atom stereocenters. The van der Waals surface area contributed by atoms with E-state index in [2.05, 4.69) is 9.97 Å². The fourth-order valence-electron chi connectivity index (χ4n) is 2.89. The highest BCUT2D eigenvalue weighted by molar-refractivity contribution is 6.35. The second-order valence-corrected chi connectivity index (χ2v) is 6.49. The van der Waals surface area contributed by atoms with Crippen LogP contribution in [-0.4, -0.2) is 50.8 Å². The number of carboxylic acid groups (broad SMARTS) is 1. The number of aromatic carboxylic acids is 1. The van der Waals surface area contributed by atoms with Crippen LogP contribution in [0.25, 0.3) is 21.9 Å². The van der Waals surface area contributed by atoms with Crippen LogP contribution in [0.2, 0.25) is 5.15 Å². The number of hydrogen-bond acceptors (Lipinski definition) is 4. The molecule has 0 aliphatic heterocycles. The van der Waals surface area contributed by atoms with Crippen molar-refractivity contribution in [3.05, 3.63) is 34.7 Å². The highest BCUT2D eigenvalue weighted by Crippen LogP contribution is 2.34. The Bertz CT molecular complexity index is 1010. The number of alkyl halides is 3. The van der Waals surface area contributed by atoms with Gasteiger partial charge in [-0.25, -0.2) is 14.8 Å². The summed E-state index contributed by atoms with van der Waals surface area (Å²) >= 11 is 6.03. The number of hydrogen-bond donors (Lipinski definition) is 1. The number of rotatable bonds is 4. The van der Waals surface area contributed by atoms with Gasteiger partial charge in [0.25, 0.3) is 0 Å². The van der Waals surface area contributed by atoms with E-state index < -0.39 is 24.5 Å². The average molecular weight is 387 g/mol. The second kappa shape index (κ2) is 6.40. The molecule has 0 bridgehead atoms. The molecule has 0 aliphatic carbocycles. The molecule has 0 aliphatic rings. The molecule has 2 aromatic heterocycles. The van der Waals surface area contributed by atoms with Gasteiger partial charge in [0.1, 0.15) is 17.6 Å². The van der Waals surface area contributed by atoms with E-state index in [0.717, 1.165) is 10.1 Å². The van der Waals surface area contributed by atoms with E-state index in [1.807, 2.05) is 19.0 Å². The first-order chi connectivity index (χ1) is 12.1. The van der Waals surface area contributed by atoms with Gasteiger partial charge in [-0.1, -0.05) is 17.7 Å². The summed E-state index contributed by atoms with van der Waals surface area (Å²) in [4.78, 5) is 20.7. The van der Waals surface area contributed by atoms with Crippen LogP contribution in [0.5, 0.6) is 0 Å². The Kier molecular flexibility index (Phi) is 4.53. The Morgan fingerprint density at radius 1 is 1.31 bits per heavy atom. The molecule has 0 saturated carbocycles. The molecule has 3 rings (SSSR count). The maximum atomic E-state index is 13.1. The smallest absolute Gasteiger partial charge is 0.406 e. The lowest BCUT2D eigenvalue weighted by Gasteiger charge is -2.12. The minimum Gasteiger partial charge on any atom is -0.475 e. The number of aromatic nitrogens is 3. The van der Waals surface area contributed by atoms with Gasteiger partial charge in [0.15, 0.2) is 5.15 Å². The molecule has 2 heterocycles. The van der Waals surface area contributed by atoms with Crippen molar-refractivity contribution >= 4 is 39.5 Å². The summed E-state index contributed by atoms with van der Waals surface area (Å²) in [5.74, 6) is -1.97. The summed E-state index contributed by atoms with van der Waals surface area (Å²) in [5.41, 5.74) is 1.16. The number of carboxylic acids is 1. The van der Waals surface area contributed by atoms with Crippen LogP contribution in [-0.2, 0) is 13.1 Å². The number of nitrogens with zero attached hydrogens (tertiary/aromatic N) is 4. The van der Waals surface area contributed by atoms with Crippen molar-refractivity contribution in [2.45, 2.75) is 19.3 Å². The Balaban J connectivity index is 2.37. The third-order valence-corrected chi connectivity index (χ3v) is 4.01. The van der Waals surface area contributed by atoms with Crippen LogP contribution in [0.4, 0.5) is 13.2 Å². The maximum Gasteiger partial charge on any atom is 0.406 e. The van der Waals surface area contributed by atoms with Gasteiger partial charge < -0.3 is 14.6 Å². The Labute approximate surface area is 150 Å². The molecule has 0 fully saturated rings. The fraction of sp³-hybridized carbons (Fsp3) is 0.312. The lowest BCUT2D eigenvalue weighted by molar-refractivity contribution is -0.139. The normalized spacial score (nSPS) is 12.4. The molecule has 6 nitrogen and oxygen atoms in total. The van der Waals surface area contributed by atoms with Crippen LogP contribution in [0.3, 0.4) is 0 Å². The zero-order valence-corrected chi connectivity index (χ0v) is 14.6. The highest BCUT2D eigenvalue weighted by atomic mass is 35.5. The van der Waals surface area contributed by atoms with E-state index in [-0.39, 0.29) is 21.7 Å². The van der Waals surface area contributed by atoms with E-state index in [1.165, 1.54) is 0 Å². The molecule has 26 heavy (non-hydrogen) atoms. The van der Waals surface area contributed by atoms with E-state index in [9.17, 15) is 18.0 Å². The molecule has 138 valence electrons. The molecule has 0 atom stereocenters. The second-order valence-electron chi connectivity index (χ2n) is 6.13. The van der Waals surface area contributed by atoms with Crippen molar-refractivity contribution in [2.24, 2.45) is 0 Å². The molecule has 1 aromatic carbocycles. The van der Waals surface area contributed by atoms with Gasteiger partial charge in [-0.2, -0.15) is 13.2 Å². The highest BCUT2D eigenvalue weighted by Gasteiger charge is 2.31. The van der Waals surface area contributed by atoms with Gasteiger partial charge in [-0.3, -0.25) is 0 Å². The van der Waals surface area contributed by atoms with Gasteiger partial charge >= 0.3 is 12.1 Å². The quantitative estimate of drug-likeness (QED) is 0.694.